The van der Waals surface area contributed by atoms with Crippen LogP contribution in [0.25, 0.3) is 0 Å². The number of urea groups is 1. The highest BCUT2D eigenvalue weighted by Crippen LogP contribution is 2.10. The zero-order valence-electron chi connectivity index (χ0n) is 11.2. The topological polar surface area (TPSA) is 69.3 Å². The van der Waals surface area contributed by atoms with E-state index in [2.05, 4.69) is 20.9 Å². The van der Waals surface area contributed by atoms with E-state index in [1.54, 1.807) is 20.3 Å². The fourth-order valence-corrected chi connectivity index (χ4v) is 1.35. The van der Waals surface area contributed by atoms with Crippen LogP contribution < -0.4 is 16.0 Å². The van der Waals surface area contributed by atoms with Gasteiger partial charge in [-0.3, -0.25) is 0 Å². The van der Waals surface area contributed by atoms with E-state index in [1.165, 1.54) is 4.90 Å². The maximum atomic E-state index is 11.3. The molecule has 1 aromatic rings. The van der Waals surface area contributed by atoms with E-state index in [4.69, 9.17) is 0 Å². The van der Waals surface area contributed by atoms with Crippen molar-refractivity contribution < 1.29 is 4.79 Å². The summed E-state index contributed by atoms with van der Waals surface area (Å²) in [5.41, 5.74) is 0.986. The maximum Gasteiger partial charge on any atom is 0.316 e. The molecule has 0 aromatic carbocycles. The lowest BCUT2D eigenvalue weighted by Gasteiger charge is -2.13. The monoisotopic (exact) mass is 251 g/mol. The SMILES string of the molecule is CCNc1cc(NCCNC(=O)N(C)C)ccn1. The van der Waals surface area contributed by atoms with Crippen LogP contribution in [0.2, 0.25) is 0 Å². The lowest BCUT2D eigenvalue weighted by Crippen LogP contribution is -2.37. The number of carbonyl (C=O) groups excluding carboxylic acids is 1. The Morgan fingerprint density at radius 1 is 1.33 bits per heavy atom. The predicted octanol–water partition coefficient (Wildman–Crippen LogP) is 1.20. The number of pyridine rings is 1. The van der Waals surface area contributed by atoms with Crippen molar-refractivity contribution in [2.24, 2.45) is 0 Å². The number of aromatic nitrogens is 1. The maximum absolute atomic E-state index is 11.3. The van der Waals surface area contributed by atoms with Crippen LogP contribution in [0.1, 0.15) is 6.92 Å². The van der Waals surface area contributed by atoms with Gasteiger partial charge in [0.25, 0.3) is 0 Å². The molecule has 1 rings (SSSR count). The number of hydrogen-bond donors (Lipinski definition) is 3. The molecule has 6 heteroatoms. The van der Waals surface area contributed by atoms with Crippen LogP contribution in [0.3, 0.4) is 0 Å². The summed E-state index contributed by atoms with van der Waals surface area (Å²) in [6.07, 6.45) is 1.75. The van der Waals surface area contributed by atoms with Gasteiger partial charge in [0.05, 0.1) is 0 Å². The zero-order valence-corrected chi connectivity index (χ0v) is 11.2. The van der Waals surface area contributed by atoms with Gasteiger partial charge in [-0.2, -0.15) is 0 Å². The molecule has 1 heterocycles. The average Bonchev–Trinajstić information content (AvgIpc) is 2.35. The largest absolute Gasteiger partial charge is 0.383 e. The van der Waals surface area contributed by atoms with Gasteiger partial charge in [0.2, 0.25) is 0 Å². The molecular weight excluding hydrogens is 230 g/mol. The molecule has 0 spiro atoms. The quantitative estimate of drug-likeness (QED) is 0.664. The van der Waals surface area contributed by atoms with Crippen molar-refractivity contribution in [1.29, 1.82) is 0 Å². The first-order valence-corrected chi connectivity index (χ1v) is 6.02. The second-order valence-electron chi connectivity index (χ2n) is 4.01. The highest BCUT2D eigenvalue weighted by atomic mass is 16.2. The molecule has 2 amide bonds. The summed E-state index contributed by atoms with van der Waals surface area (Å²) in [6, 6.07) is 3.76. The Morgan fingerprint density at radius 3 is 2.78 bits per heavy atom. The third-order valence-electron chi connectivity index (χ3n) is 2.25. The van der Waals surface area contributed by atoms with Gasteiger partial charge in [-0.05, 0) is 13.0 Å². The second kappa shape index (κ2) is 7.37. The highest BCUT2D eigenvalue weighted by molar-refractivity contribution is 5.73. The van der Waals surface area contributed by atoms with Crippen LogP contribution in [0.5, 0.6) is 0 Å². The van der Waals surface area contributed by atoms with Crippen LogP contribution in [0.15, 0.2) is 18.3 Å². The third-order valence-corrected chi connectivity index (χ3v) is 2.25. The molecule has 0 aliphatic heterocycles. The van der Waals surface area contributed by atoms with E-state index in [-0.39, 0.29) is 6.03 Å². The Kier molecular flexibility index (Phi) is 5.76. The lowest BCUT2D eigenvalue weighted by atomic mass is 10.3. The van der Waals surface area contributed by atoms with E-state index in [0.29, 0.717) is 13.1 Å². The average molecular weight is 251 g/mol. The van der Waals surface area contributed by atoms with Gasteiger partial charge in [0.1, 0.15) is 5.82 Å². The lowest BCUT2D eigenvalue weighted by molar-refractivity contribution is 0.218. The van der Waals surface area contributed by atoms with E-state index >= 15 is 0 Å². The molecule has 0 radical (unpaired) electrons. The van der Waals surface area contributed by atoms with Gasteiger partial charge in [0, 0.05) is 51.7 Å². The van der Waals surface area contributed by atoms with Crippen LogP contribution in [-0.4, -0.2) is 49.6 Å². The Bertz CT molecular complexity index is 380. The Balaban J connectivity index is 2.30. The Hall–Kier alpha value is -1.98. The molecular formula is C12H21N5O. The molecule has 0 atom stereocenters. The van der Waals surface area contributed by atoms with Gasteiger partial charge in [-0.15, -0.1) is 0 Å². The minimum atomic E-state index is -0.0835. The van der Waals surface area contributed by atoms with Crippen LogP contribution in [-0.2, 0) is 0 Å². The fourth-order valence-electron chi connectivity index (χ4n) is 1.35. The van der Waals surface area contributed by atoms with Crippen molar-refractivity contribution >= 4 is 17.5 Å². The van der Waals surface area contributed by atoms with Gasteiger partial charge >= 0.3 is 6.03 Å². The Morgan fingerprint density at radius 2 is 2.11 bits per heavy atom. The number of nitrogens with zero attached hydrogens (tertiary/aromatic N) is 2. The number of amides is 2. The molecule has 100 valence electrons. The molecule has 1 aromatic heterocycles. The van der Waals surface area contributed by atoms with Crippen molar-refractivity contribution in [3.63, 3.8) is 0 Å². The smallest absolute Gasteiger partial charge is 0.316 e. The fraction of sp³-hybridized carbons (Fsp3) is 0.500. The first-order valence-electron chi connectivity index (χ1n) is 6.02. The summed E-state index contributed by atoms with van der Waals surface area (Å²) in [6.45, 7) is 4.12. The van der Waals surface area contributed by atoms with Gasteiger partial charge < -0.3 is 20.9 Å². The third kappa shape index (κ3) is 4.90. The van der Waals surface area contributed by atoms with E-state index in [0.717, 1.165) is 18.1 Å². The van der Waals surface area contributed by atoms with E-state index in [9.17, 15) is 4.79 Å². The molecule has 3 N–H and O–H groups in total. The number of nitrogens with one attached hydrogen (secondary N) is 3. The minimum absolute atomic E-state index is 0.0835. The van der Waals surface area contributed by atoms with Crippen molar-refractivity contribution in [1.82, 2.24) is 15.2 Å². The first-order chi connectivity index (χ1) is 8.63. The first kappa shape index (κ1) is 14.1. The second-order valence-corrected chi connectivity index (χ2v) is 4.01. The number of hydrogen-bond acceptors (Lipinski definition) is 4. The molecule has 0 aliphatic rings. The van der Waals surface area contributed by atoms with E-state index < -0.39 is 0 Å². The Labute approximate surface area is 108 Å². The van der Waals surface area contributed by atoms with Crippen molar-refractivity contribution in [2.45, 2.75) is 6.92 Å². The number of rotatable bonds is 6. The van der Waals surface area contributed by atoms with Crippen molar-refractivity contribution in [2.75, 3.05) is 44.4 Å². The summed E-state index contributed by atoms with van der Waals surface area (Å²) in [7, 11) is 3.43. The summed E-state index contributed by atoms with van der Waals surface area (Å²) in [4.78, 5) is 17.0. The van der Waals surface area contributed by atoms with Crippen LogP contribution in [0.4, 0.5) is 16.3 Å². The molecule has 0 bridgehead atoms. The van der Waals surface area contributed by atoms with Crippen LogP contribution in [0, 0.1) is 0 Å². The molecule has 0 saturated heterocycles. The predicted molar refractivity (Wildman–Crippen MR) is 74.0 cm³/mol. The highest BCUT2D eigenvalue weighted by Gasteiger charge is 2.01. The molecule has 0 fully saturated rings. The molecule has 0 aliphatic carbocycles. The van der Waals surface area contributed by atoms with Crippen molar-refractivity contribution in [3.8, 4) is 0 Å². The van der Waals surface area contributed by atoms with Crippen LogP contribution >= 0.6 is 0 Å². The number of anilines is 2. The molecule has 0 unspecified atom stereocenters. The normalized spacial score (nSPS) is 9.72. The molecule has 0 saturated carbocycles. The van der Waals surface area contributed by atoms with Gasteiger partial charge in [0.15, 0.2) is 0 Å². The van der Waals surface area contributed by atoms with E-state index in [1.807, 2.05) is 19.1 Å². The van der Waals surface area contributed by atoms with Crippen molar-refractivity contribution in [3.05, 3.63) is 18.3 Å². The zero-order chi connectivity index (χ0) is 13.4. The molecule has 18 heavy (non-hydrogen) atoms. The van der Waals surface area contributed by atoms with Gasteiger partial charge in [-0.1, -0.05) is 0 Å². The summed E-state index contributed by atoms with van der Waals surface area (Å²) in [5.74, 6) is 0.847. The summed E-state index contributed by atoms with van der Waals surface area (Å²) in [5, 5.41) is 9.15. The number of carbonyl (C=O) groups is 1. The summed E-state index contributed by atoms with van der Waals surface area (Å²) < 4.78 is 0. The molecule has 6 nitrogen and oxygen atoms in total. The minimum Gasteiger partial charge on any atom is -0.383 e. The standard InChI is InChI=1S/C12H21N5O/c1-4-13-11-9-10(5-6-15-11)14-7-8-16-12(18)17(2)3/h5-6,9H,4,7-8H2,1-3H3,(H,16,18)(H2,13,14,15). The summed E-state index contributed by atoms with van der Waals surface area (Å²) >= 11 is 0. The van der Waals surface area contributed by atoms with Gasteiger partial charge in [-0.25, -0.2) is 9.78 Å².